The van der Waals surface area contributed by atoms with E-state index in [4.69, 9.17) is 5.11 Å². The second-order valence-electron chi connectivity index (χ2n) is 3.10. The van der Waals surface area contributed by atoms with Gasteiger partial charge in [0.25, 0.3) is 0 Å². The number of carboxylic acid groups (broad SMARTS) is 1. The molecule has 0 amide bonds. The molecule has 1 aromatic rings. The predicted octanol–water partition coefficient (Wildman–Crippen LogP) is 2.11. The minimum atomic E-state index is -1.07. The number of halogens is 1. The van der Waals surface area contributed by atoms with Crippen molar-refractivity contribution in [3.63, 3.8) is 0 Å². The molecule has 0 unspecified atom stereocenters. The first-order valence-corrected chi connectivity index (χ1v) is 5.88. The summed E-state index contributed by atoms with van der Waals surface area (Å²) < 4.78 is 12.1. The Balaban J connectivity index is 3.17. The van der Waals surface area contributed by atoms with Gasteiger partial charge in [-0.15, -0.1) is 11.8 Å². The first-order chi connectivity index (χ1) is 7.60. The monoisotopic (exact) mass is 244 g/mol. The Bertz CT molecular complexity index is 399. The van der Waals surface area contributed by atoms with Gasteiger partial charge in [0.2, 0.25) is 0 Å². The van der Waals surface area contributed by atoms with Crippen LogP contribution in [0.3, 0.4) is 0 Å². The maximum Gasteiger partial charge on any atom is 0.340 e. The lowest BCUT2D eigenvalue weighted by molar-refractivity contribution is 0.0690. The third-order valence-corrected chi connectivity index (χ3v) is 2.88. The average molecular weight is 244 g/mol. The quantitative estimate of drug-likeness (QED) is 0.635. The molecule has 1 aromatic heterocycles. The Labute approximate surface area is 97.3 Å². The Morgan fingerprint density at radius 3 is 2.69 bits per heavy atom. The van der Waals surface area contributed by atoms with E-state index in [1.165, 1.54) is 0 Å². The maximum absolute atomic E-state index is 12.1. The first-order valence-electron chi connectivity index (χ1n) is 4.89. The fraction of sp³-hybridized carbons (Fsp3) is 0.500. The van der Waals surface area contributed by atoms with E-state index in [9.17, 15) is 9.18 Å². The molecule has 1 rings (SSSR count). The van der Waals surface area contributed by atoms with Crippen molar-refractivity contribution in [1.82, 2.24) is 9.97 Å². The van der Waals surface area contributed by atoms with Crippen molar-refractivity contribution in [2.45, 2.75) is 25.3 Å². The van der Waals surface area contributed by atoms with Crippen molar-refractivity contribution >= 4 is 17.7 Å². The molecule has 0 saturated carbocycles. The topological polar surface area (TPSA) is 63.1 Å². The van der Waals surface area contributed by atoms with Gasteiger partial charge in [-0.3, -0.25) is 4.39 Å². The van der Waals surface area contributed by atoms with Crippen molar-refractivity contribution in [2.75, 3.05) is 12.4 Å². The van der Waals surface area contributed by atoms with E-state index in [1.807, 2.05) is 6.92 Å². The van der Waals surface area contributed by atoms with Gasteiger partial charge in [-0.05, 0) is 6.92 Å². The highest BCUT2D eigenvalue weighted by Gasteiger charge is 2.17. The summed E-state index contributed by atoms with van der Waals surface area (Å²) in [4.78, 5) is 19.2. The molecule has 0 atom stereocenters. The van der Waals surface area contributed by atoms with Crippen molar-refractivity contribution in [1.29, 1.82) is 0 Å². The minimum Gasteiger partial charge on any atom is -0.478 e. The first kappa shape index (κ1) is 12.9. The Hall–Kier alpha value is -1.17. The molecule has 0 spiro atoms. The number of carboxylic acids is 1. The molecule has 1 N–H and O–H groups in total. The number of aryl methyl sites for hydroxylation is 2. The predicted molar refractivity (Wildman–Crippen MR) is 59.8 cm³/mol. The molecule has 1 heterocycles. The van der Waals surface area contributed by atoms with Crippen LogP contribution in [0, 0.1) is 6.92 Å². The summed E-state index contributed by atoms with van der Waals surface area (Å²) in [7, 11) is 0. The fourth-order valence-electron chi connectivity index (χ4n) is 1.25. The molecule has 0 aliphatic rings. The normalized spacial score (nSPS) is 10.4. The smallest absolute Gasteiger partial charge is 0.340 e. The number of hydrogen-bond acceptors (Lipinski definition) is 4. The summed E-state index contributed by atoms with van der Waals surface area (Å²) in [5.74, 6) is -0.273. The zero-order chi connectivity index (χ0) is 12.1. The van der Waals surface area contributed by atoms with Crippen LogP contribution >= 0.6 is 11.8 Å². The molecule has 0 aliphatic heterocycles. The lowest BCUT2D eigenvalue weighted by Crippen LogP contribution is -2.09. The number of thioether (sulfide) groups is 1. The van der Waals surface area contributed by atoms with Gasteiger partial charge in [-0.25, -0.2) is 14.8 Å². The second kappa shape index (κ2) is 5.79. The average Bonchev–Trinajstić information content (AvgIpc) is 2.24. The van der Waals surface area contributed by atoms with Gasteiger partial charge in [0, 0.05) is 12.2 Å². The van der Waals surface area contributed by atoms with Crippen LogP contribution in [-0.2, 0) is 6.42 Å². The van der Waals surface area contributed by atoms with Crippen molar-refractivity contribution in [3.05, 3.63) is 17.1 Å². The molecular weight excluding hydrogens is 231 g/mol. The van der Waals surface area contributed by atoms with E-state index in [0.29, 0.717) is 23.0 Å². The molecule has 0 aliphatic carbocycles. The Morgan fingerprint density at radius 1 is 1.50 bits per heavy atom. The second-order valence-corrected chi connectivity index (χ2v) is 4.19. The summed E-state index contributed by atoms with van der Waals surface area (Å²) in [6, 6.07) is 0. The van der Waals surface area contributed by atoms with Gasteiger partial charge in [-0.1, -0.05) is 6.92 Å². The van der Waals surface area contributed by atoms with Crippen LogP contribution < -0.4 is 0 Å². The van der Waals surface area contributed by atoms with Gasteiger partial charge in [-0.2, -0.15) is 0 Å². The molecule has 0 bridgehead atoms. The lowest BCUT2D eigenvalue weighted by atomic mass is 10.2. The highest BCUT2D eigenvalue weighted by atomic mass is 32.2. The maximum atomic E-state index is 12.1. The molecule has 88 valence electrons. The van der Waals surface area contributed by atoms with Crippen LogP contribution in [0.1, 0.15) is 28.8 Å². The molecule has 6 heteroatoms. The zero-order valence-electron chi connectivity index (χ0n) is 9.16. The molecule has 4 nitrogen and oxygen atoms in total. The molecule has 0 saturated heterocycles. The minimum absolute atomic E-state index is 0.0793. The van der Waals surface area contributed by atoms with E-state index < -0.39 is 12.6 Å². The van der Waals surface area contributed by atoms with Crippen LogP contribution in [0.4, 0.5) is 4.39 Å². The molecule has 16 heavy (non-hydrogen) atoms. The largest absolute Gasteiger partial charge is 0.478 e. The summed E-state index contributed by atoms with van der Waals surface area (Å²) in [5.41, 5.74) is 0.511. The van der Waals surface area contributed by atoms with Crippen LogP contribution in [-0.4, -0.2) is 33.5 Å². The van der Waals surface area contributed by atoms with Gasteiger partial charge in [0.15, 0.2) is 0 Å². The Kier molecular flexibility index (Phi) is 4.67. The van der Waals surface area contributed by atoms with Gasteiger partial charge >= 0.3 is 5.97 Å². The van der Waals surface area contributed by atoms with Crippen molar-refractivity contribution in [3.8, 4) is 0 Å². The highest BCUT2D eigenvalue weighted by molar-refractivity contribution is 7.99. The molecular formula is C10H13FN2O2S. The third-order valence-electron chi connectivity index (χ3n) is 1.95. The zero-order valence-corrected chi connectivity index (χ0v) is 9.97. The fourth-order valence-corrected chi connectivity index (χ4v) is 2.07. The number of carbonyl (C=O) groups is 1. The summed E-state index contributed by atoms with van der Waals surface area (Å²) in [6.45, 7) is 3.01. The molecule has 0 radical (unpaired) electrons. The van der Waals surface area contributed by atoms with Gasteiger partial charge in [0.05, 0.1) is 12.4 Å². The summed E-state index contributed by atoms with van der Waals surface area (Å²) >= 11 is 1.11. The van der Waals surface area contributed by atoms with Crippen LogP contribution in [0.5, 0.6) is 0 Å². The van der Waals surface area contributed by atoms with Gasteiger partial charge < -0.3 is 5.11 Å². The van der Waals surface area contributed by atoms with Crippen molar-refractivity contribution in [2.24, 2.45) is 0 Å². The summed E-state index contributed by atoms with van der Waals surface area (Å²) in [6.07, 6.45) is 0.629. The highest BCUT2D eigenvalue weighted by Crippen LogP contribution is 2.22. The summed E-state index contributed by atoms with van der Waals surface area (Å²) in [5, 5.41) is 9.38. The van der Waals surface area contributed by atoms with Crippen LogP contribution in [0.25, 0.3) is 0 Å². The number of hydrogen-bond donors (Lipinski definition) is 1. The molecule has 0 fully saturated rings. The van der Waals surface area contributed by atoms with E-state index >= 15 is 0 Å². The van der Waals surface area contributed by atoms with Crippen molar-refractivity contribution < 1.29 is 14.3 Å². The van der Waals surface area contributed by atoms with Gasteiger partial charge in [0.1, 0.15) is 16.4 Å². The number of nitrogens with zero attached hydrogens (tertiary/aromatic N) is 2. The molecule has 0 aromatic carbocycles. The van der Waals surface area contributed by atoms with E-state index in [1.54, 1.807) is 6.92 Å². The third kappa shape index (κ3) is 2.91. The SMILES string of the molecule is CCc1nc(C)c(C(=O)O)c(SCCF)n1. The lowest BCUT2D eigenvalue weighted by Gasteiger charge is -2.08. The Morgan fingerprint density at radius 2 is 2.19 bits per heavy atom. The van der Waals surface area contributed by atoms with Crippen LogP contribution in [0.2, 0.25) is 0 Å². The van der Waals surface area contributed by atoms with Crippen LogP contribution in [0.15, 0.2) is 5.03 Å². The number of aromatic nitrogens is 2. The van der Waals surface area contributed by atoms with E-state index in [0.717, 1.165) is 11.8 Å². The number of alkyl halides is 1. The number of rotatable bonds is 5. The van der Waals surface area contributed by atoms with E-state index in [2.05, 4.69) is 9.97 Å². The van der Waals surface area contributed by atoms with E-state index in [-0.39, 0.29) is 11.3 Å². The standard InChI is InChI=1S/C10H13FN2O2S/c1-3-7-12-6(2)8(10(14)15)9(13-7)16-5-4-11/h3-5H2,1-2H3,(H,14,15). The number of aromatic carboxylic acids is 1.